The highest BCUT2D eigenvalue weighted by Crippen LogP contribution is 2.25. The van der Waals surface area contributed by atoms with Crippen LogP contribution in [0, 0.1) is 11.6 Å². The van der Waals surface area contributed by atoms with Gasteiger partial charge in [0.05, 0.1) is 12.2 Å². The Hall–Kier alpha value is -1.43. The third kappa shape index (κ3) is 3.80. The van der Waals surface area contributed by atoms with Crippen LogP contribution >= 0.6 is 15.9 Å². The highest BCUT2D eigenvalue weighted by atomic mass is 79.9. The molecule has 98 valence electrons. The van der Waals surface area contributed by atoms with Gasteiger partial charge in [-0.05, 0) is 19.1 Å². The van der Waals surface area contributed by atoms with Gasteiger partial charge in [0, 0.05) is 4.47 Å². The Labute approximate surface area is 112 Å². The quantitative estimate of drug-likeness (QED) is 0.474. The van der Waals surface area contributed by atoms with E-state index in [1.54, 1.807) is 6.92 Å². The van der Waals surface area contributed by atoms with Crippen LogP contribution in [0.4, 0.5) is 8.78 Å². The minimum absolute atomic E-state index is 0.0247. The van der Waals surface area contributed by atoms with Crippen LogP contribution in [-0.4, -0.2) is 19.2 Å². The molecule has 0 bridgehead atoms. The summed E-state index contributed by atoms with van der Waals surface area (Å²) in [7, 11) is 0. The van der Waals surface area contributed by atoms with Crippen molar-refractivity contribution in [3.8, 4) is 5.75 Å². The van der Waals surface area contributed by atoms with Gasteiger partial charge in [0.2, 0.25) is 5.82 Å². The third-order valence-corrected chi connectivity index (χ3v) is 2.38. The number of hydrogen-bond acceptors (Lipinski definition) is 3. The van der Waals surface area contributed by atoms with Crippen LogP contribution in [0.25, 0.3) is 0 Å². The van der Waals surface area contributed by atoms with Gasteiger partial charge in [0.15, 0.2) is 11.6 Å². The summed E-state index contributed by atoms with van der Waals surface area (Å²) in [5, 5.41) is 0. The van der Waals surface area contributed by atoms with Crippen LogP contribution in [0.15, 0.2) is 28.8 Å². The number of rotatable bonds is 5. The van der Waals surface area contributed by atoms with E-state index in [9.17, 15) is 13.6 Å². The van der Waals surface area contributed by atoms with Crippen molar-refractivity contribution in [1.29, 1.82) is 0 Å². The molecule has 0 spiro atoms. The van der Waals surface area contributed by atoms with Crippen LogP contribution in [-0.2, 0) is 9.53 Å². The van der Waals surface area contributed by atoms with Gasteiger partial charge in [-0.25, -0.2) is 9.18 Å². The molecule has 1 aromatic rings. The fourth-order valence-corrected chi connectivity index (χ4v) is 1.50. The third-order valence-electron chi connectivity index (χ3n) is 1.93. The SMILES string of the molecule is C=C(COc1cc(Br)cc(F)c1F)C(=O)OCC. The maximum atomic E-state index is 13.3. The van der Waals surface area contributed by atoms with Crippen molar-refractivity contribution in [2.24, 2.45) is 0 Å². The van der Waals surface area contributed by atoms with Crippen molar-refractivity contribution < 1.29 is 23.0 Å². The van der Waals surface area contributed by atoms with Gasteiger partial charge in [0.1, 0.15) is 6.61 Å². The Balaban J connectivity index is 2.69. The number of ether oxygens (including phenoxy) is 2. The van der Waals surface area contributed by atoms with Crippen molar-refractivity contribution >= 4 is 21.9 Å². The Morgan fingerprint density at radius 2 is 2.11 bits per heavy atom. The maximum absolute atomic E-state index is 13.3. The largest absolute Gasteiger partial charge is 0.485 e. The highest BCUT2D eigenvalue weighted by Gasteiger charge is 2.14. The van der Waals surface area contributed by atoms with E-state index in [-0.39, 0.29) is 24.5 Å². The second-order valence-electron chi connectivity index (χ2n) is 3.31. The Morgan fingerprint density at radius 3 is 2.72 bits per heavy atom. The molecule has 0 atom stereocenters. The van der Waals surface area contributed by atoms with Gasteiger partial charge < -0.3 is 9.47 Å². The van der Waals surface area contributed by atoms with E-state index in [0.717, 1.165) is 6.07 Å². The molecule has 1 rings (SSSR count). The van der Waals surface area contributed by atoms with Crippen molar-refractivity contribution in [3.63, 3.8) is 0 Å². The molecule has 1 aromatic carbocycles. The lowest BCUT2D eigenvalue weighted by atomic mass is 10.3. The summed E-state index contributed by atoms with van der Waals surface area (Å²) in [5.74, 6) is -3.09. The van der Waals surface area contributed by atoms with E-state index in [4.69, 9.17) is 4.74 Å². The summed E-state index contributed by atoms with van der Waals surface area (Å²) >= 11 is 3.01. The lowest BCUT2D eigenvalue weighted by Gasteiger charge is -2.09. The predicted molar refractivity (Wildman–Crippen MR) is 65.3 cm³/mol. The first-order valence-electron chi connectivity index (χ1n) is 5.08. The molecule has 6 heteroatoms. The monoisotopic (exact) mass is 320 g/mol. The zero-order valence-electron chi connectivity index (χ0n) is 9.63. The molecule has 0 aliphatic rings. The molecular weight excluding hydrogens is 310 g/mol. The smallest absolute Gasteiger partial charge is 0.336 e. The van der Waals surface area contributed by atoms with Gasteiger partial charge in [-0.1, -0.05) is 22.5 Å². The van der Waals surface area contributed by atoms with Crippen molar-refractivity contribution in [2.75, 3.05) is 13.2 Å². The van der Waals surface area contributed by atoms with Gasteiger partial charge in [0.25, 0.3) is 0 Å². The molecule has 0 aromatic heterocycles. The molecule has 0 aliphatic carbocycles. The summed E-state index contributed by atoms with van der Waals surface area (Å²) in [5.41, 5.74) is 0.0247. The van der Waals surface area contributed by atoms with E-state index >= 15 is 0 Å². The first-order chi connectivity index (χ1) is 8.45. The summed E-state index contributed by atoms with van der Waals surface area (Å²) in [6, 6.07) is 2.24. The lowest BCUT2D eigenvalue weighted by Crippen LogP contribution is -2.13. The van der Waals surface area contributed by atoms with Gasteiger partial charge in [-0.2, -0.15) is 4.39 Å². The van der Waals surface area contributed by atoms with Gasteiger partial charge in [-0.15, -0.1) is 0 Å². The molecule has 0 radical (unpaired) electrons. The second kappa shape index (κ2) is 6.49. The van der Waals surface area contributed by atoms with Crippen LogP contribution in [0.3, 0.4) is 0 Å². The van der Waals surface area contributed by atoms with Crippen LogP contribution < -0.4 is 4.74 Å². The zero-order chi connectivity index (χ0) is 13.7. The number of carbonyl (C=O) groups excluding carboxylic acids is 1. The number of esters is 1. The average Bonchev–Trinajstić information content (AvgIpc) is 2.31. The zero-order valence-corrected chi connectivity index (χ0v) is 11.2. The molecule has 18 heavy (non-hydrogen) atoms. The standard InChI is InChI=1S/C12H11BrF2O3/c1-3-17-12(16)7(2)6-18-10-5-8(13)4-9(14)11(10)15/h4-5H,2-3,6H2,1H3. The first-order valence-corrected chi connectivity index (χ1v) is 5.87. The van der Waals surface area contributed by atoms with Crippen LogP contribution in [0.1, 0.15) is 6.92 Å². The topological polar surface area (TPSA) is 35.5 Å². The highest BCUT2D eigenvalue weighted by molar-refractivity contribution is 9.10. The minimum atomic E-state index is -1.12. The second-order valence-corrected chi connectivity index (χ2v) is 4.23. The molecule has 0 saturated heterocycles. The molecule has 0 N–H and O–H groups in total. The van der Waals surface area contributed by atoms with E-state index < -0.39 is 17.6 Å². The summed E-state index contributed by atoms with van der Waals surface area (Å²) in [4.78, 5) is 11.2. The van der Waals surface area contributed by atoms with Crippen molar-refractivity contribution in [3.05, 3.63) is 40.4 Å². The van der Waals surface area contributed by atoms with Crippen molar-refractivity contribution in [2.45, 2.75) is 6.92 Å². The van der Waals surface area contributed by atoms with E-state index in [1.165, 1.54) is 6.07 Å². The maximum Gasteiger partial charge on any atom is 0.336 e. The fraction of sp³-hybridized carbons (Fsp3) is 0.250. The summed E-state index contributed by atoms with van der Waals surface area (Å²) in [6.07, 6.45) is 0. The normalized spacial score (nSPS) is 10.0. The average molecular weight is 321 g/mol. The molecular formula is C12H11BrF2O3. The Kier molecular flexibility index (Phi) is 5.27. The van der Waals surface area contributed by atoms with E-state index in [1.807, 2.05) is 0 Å². The van der Waals surface area contributed by atoms with Crippen LogP contribution in [0.5, 0.6) is 5.75 Å². The molecule has 0 saturated carbocycles. The number of halogens is 3. The summed E-state index contributed by atoms with van der Waals surface area (Å²) < 4.78 is 36.3. The molecule has 0 heterocycles. The first kappa shape index (κ1) is 14.6. The number of carbonyl (C=O) groups is 1. The Morgan fingerprint density at radius 1 is 1.44 bits per heavy atom. The molecule has 0 unspecified atom stereocenters. The lowest BCUT2D eigenvalue weighted by molar-refractivity contribution is -0.138. The molecule has 0 fully saturated rings. The summed E-state index contributed by atoms with van der Waals surface area (Å²) in [6.45, 7) is 5.02. The molecule has 0 amide bonds. The van der Waals surface area contributed by atoms with Gasteiger partial charge in [-0.3, -0.25) is 0 Å². The van der Waals surface area contributed by atoms with E-state index in [2.05, 4.69) is 27.2 Å². The van der Waals surface area contributed by atoms with E-state index in [0.29, 0.717) is 4.47 Å². The molecule has 0 aliphatic heterocycles. The minimum Gasteiger partial charge on any atom is -0.485 e. The fourth-order valence-electron chi connectivity index (χ4n) is 1.09. The molecule has 3 nitrogen and oxygen atoms in total. The predicted octanol–water partition coefficient (Wildman–Crippen LogP) is 3.23. The van der Waals surface area contributed by atoms with Crippen molar-refractivity contribution in [1.82, 2.24) is 0 Å². The Bertz CT molecular complexity index is 475. The number of benzene rings is 1. The van der Waals surface area contributed by atoms with Gasteiger partial charge >= 0.3 is 5.97 Å². The number of hydrogen-bond donors (Lipinski definition) is 0. The van der Waals surface area contributed by atoms with Crippen LogP contribution in [0.2, 0.25) is 0 Å².